The van der Waals surface area contributed by atoms with Gasteiger partial charge in [-0.15, -0.1) is 0 Å². The van der Waals surface area contributed by atoms with Crippen molar-refractivity contribution < 1.29 is 9.53 Å². The molecule has 5 nitrogen and oxygen atoms in total. The van der Waals surface area contributed by atoms with Gasteiger partial charge in [0.15, 0.2) is 0 Å². The summed E-state index contributed by atoms with van der Waals surface area (Å²) >= 11 is 0. The van der Waals surface area contributed by atoms with Crippen molar-refractivity contribution in [1.29, 1.82) is 0 Å². The fourth-order valence-corrected chi connectivity index (χ4v) is 4.46. The maximum Gasteiger partial charge on any atom is 0.410 e. The molecule has 4 rings (SSSR count). The fraction of sp³-hybridized carbons (Fsp3) is 0.619. The van der Waals surface area contributed by atoms with Crippen LogP contribution in [-0.2, 0) is 11.2 Å². The highest BCUT2D eigenvalue weighted by atomic mass is 16.6. The molecule has 3 aliphatic rings. The lowest BCUT2D eigenvalue weighted by Gasteiger charge is -2.27. The first-order valence-electron chi connectivity index (χ1n) is 9.67. The predicted molar refractivity (Wildman–Crippen MR) is 103 cm³/mol. The van der Waals surface area contributed by atoms with E-state index in [2.05, 4.69) is 29.2 Å². The van der Waals surface area contributed by atoms with Gasteiger partial charge in [0.2, 0.25) is 0 Å². The number of carbonyl (C=O) groups excluding carboxylic acids is 1. The second-order valence-corrected chi connectivity index (χ2v) is 9.10. The molecule has 0 N–H and O–H groups in total. The van der Waals surface area contributed by atoms with Crippen molar-refractivity contribution in [1.82, 2.24) is 9.80 Å². The number of nitrogens with zero attached hydrogens (tertiary/aromatic N) is 3. The molecule has 1 unspecified atom stereocenters. The van der Waals surface area contributed by atoms with Crippen LogP contribution in [0.15, 0.2) is 29.3 Å². The van der Waals surface area contributed by atoms with Gasteiger partial charge >= 0.3 is 6.09 Å². The van der Waals surface area contributed by atoms with E-state index < -0.39 is 5.60 Å². The molecule has 3 aliphatic heterocycles. The average Bonchev–Trinajstić information content (AvgIpc) is 3.25. The number of benzene rings is 1. The molecule has 1 aromatic rings. The summed E-state index contributed by atoms with van der Waals surface area (Å²) in [5, 5.41) is 0. The summed E-state index contributed by atoms with van der Waals surface area (Å²) in [6, 6.07) is 8.42. The van der Waals surface area contributed by atoms with E-state index in [-0.39, 0.29) is 11.5 Å². The molecule has 0 saturated carbocycles. The van der Waals surface area contributed by atoms with Crippen LogP contribution in [0.3, 0.4) is 0 Å². The second kappa shape index (κ2) is 6.38. The van der Waals surface area contributed by atoms with Gasteiger partial charge in [-0.05, 0) is 51.8 Å². The van der Waals surface area contributed by atoms with Gasteiger partial charge < -0.3 is 9.64 Å². The van der Waals surface area contributed by atoms with Crippen LogP contribution in [0.25, 0.3) is 0 Å². The molecule has 0 bridgehead atoms. The van der Waals surface area contributed by atoms with E-state index in [0.717, 1.165) is 57.7 Å². The Kier molecular flexibility index (Phi) is 4.30. The molecular formula is C21H29N3O2. The first kappa shape index (κ1) is 17.5. The molecule has 26 heavy (non-hydrogen) atoms. The zero-order valence-electron chi connectivity index (χ0n) is 16.1. The number of aliphatic imine (C=N–C) groups is 1. The number of ether oxygens (including phenoxy) is 1. The molecule has 1 atom stereocenters. The van der Waals surface area contributed by atoms with Gasteiger partial charge in [0.05, 0.1) is 5.69 Å². The van der Waals surface area contributed by atoms with Crippen LogP contribution in [0, 0.1) is 5.41 Å². The zero-order valence-corrected chi connectivity index (χ0v) is 16.1. The monoisotopic (exact) mass is 355 g/mol. The number of carbonyl (C=O) groups is 1. The molecule has 1 spiro atoms. The largest absolute Gasteiger partial charge is 0.444 e. The number of hydrogen-bond donors (Lipinski definition) is 0. The van der Waals surface area contributed by atoms with Crippen LogP contribution in [0.5, 0.6) is 0 Å². The van der Waals surface area contributed by atoms with E-state index in [0.29, 0.717) is 0 Å². The summed E-state index contributed by atoms with van der Waals surface area (Å²) in [4.78, 5) is 21.6. The van der Waals surface area contributed by atoms with E-state index in [1.54, 1.807) is 0 Å². The molecule has 0 aromatic heterocycles. The van der Waals surface area contributed by atoms with Gasteiger partial charge in [-0.25, -0.2) is 4.79 Å². The molecule has 1 amide bonds. The Balaban J connectivity index is 1.33. The maximum atomic E-state index is 12.4. The van der Waals surface area contributed by atoms with Crippen molar-refractivity contribution in [3.05, 3.63) is 29.8 Å². The van der Waals surface area contributed by atoms with Crippen LogP contribution in [0.1, 0.15) is 39.2 Å². The molecule has 3 heterocycles. The van der Waals surface area contributed by atoms with Gasteiger partial charge in [-0.2, -0.15) is 0 Å². The number of fused-ring (bicyclic) bond motifs is 1. The quantitative estimate of drug-likeness (QED) is 0.813. The maximum absolute atomic E-state index is 12.4. The summed E-state index contributed by atoms with van der Waals surface area (Å²) in [7, 11) is 0. The SMILES string of the molecule is CC(C)(C)OC(=O)N1CCC2(CCN(CC3=Nc4ccccc4C3)C2)C1. The first-order valence-corrected chi connectivity index (χ1v) is 9.67. The minimum atomic E-state index is -0.426. The Labute approximate surface area is 156 Å². The standard InChI is InChI=1S/C21H29N3O2/c1-20(2,3)26-19(25)24-11-9-21(15-24)8-10-23(14-21)13-17-12-16-6-4-5-7-18(16)22-17/h4-7H,8-15H2,1-3H3. The lowest BCUT2D eigenvalue weighted by atomic mass is 9.86. The Morgan fingerprint density at radius 1 is 1.19 bits per heavy atom. The van der Waals surface area contributed by atoms with Crippen molar-refractivity contribution in [3.63, 3.8) is 0 Å². The minimum Gasteiger partial charge on any atom is -0.444 e. The number of amides is 1. The third-order valence-electron chi connectivity index (χ3n) is 5.68. The summed E-state index contributed by atoms with van der Waals surface area (Å²) < 4.78 is 5.55. The zero-order chi connectivity index (χ0) is 18.4. The van der Waals surface area contributed by atoms with Crippen LogP contribution >= 0.6 is 0 Å². The van der Waals surface area contributed by atoms with Crippen LogP contribution < -0.4 is 0 Å². The second-order valence-electron chi connectivity index (χ2n) is 9.10. The predicted octanol–water partition coefficient (Wildman–Crippen LogP) is 3.65. The van der Waals surface area contributed by atoms with Crippen molar-refractivity contribution >= 4 is 17.5 Å². The summed E-state index contributed by atoms with van der Waals surface area (Å²) in [5.41, 5.74) is 3.56. The summed E-state index contributed by atoms with van der Waals surface area (Å²) in [6.07, 6.45) is 3.05. The molecule has 2 saturated heterocycles. The number of hydrogen-bond acceptors (Lipinski definition) is 4. The Bertz CT molecular complexity index is 737. The Morgan fingerprint density at radius 2 is 1.96 bits per heavy atom. The molecular weight excluding hydrogens is 326 g/mol. The van der Waals surface area contributed by atoms with Gasteiger partial charge in [0.25, 0.3) is 0 Å². The lowest BCUT2D eigenvalue weighted by Crippen LogP contribution is -2.38. The van der Waals surface area contributed by atoms with Gasteiger partial charge in [0.1, 0.15) is 5.60 Å². The van der Waals surface area contributed by atoms with Gasteiger partial charge in [0, 0.05) is 43.7 Å². The summed E-state index contributed by atoms with van der Waals surface area (Å²) in [6.45, 7) is 10.5. The highest BCUT2D eigenvalue weighted by Gasteiger charge is 2.45. The Hall–Kier alpha value is -1.88. The van der Waals surface area contributed by atoms with E-state index in [9.17, 15) is 4.79 Å². The molecule has 0 radical (unpaired) electrons. The number of para-hydroxylation sites is 1. The third-order valence-corrected chi connectivity index (χ3v) is 5.68. The first-order chi connectivity index (χ1) is 12.3. The van der Waals surface area contributed by atoms with Crippen molar-refractivity contribution in [2.45, 2.75) is 45.6 Å². The fourth-order valence-electron chi connectivity index (χ4n) is 4.46. The van der Waals surface area contributed by atoms with Crippen LogP contribution in [0.4, 0.5) is 10.5 Å². The molecule has 140 valence electrons. The molecule has 2 fully saturated rings. The van der Waals surface area contributed by atoms with Gasteiger partial charge in [-0.3, -0.25) is 9.89 Å². The van der Waals surface area contributed by atoms with E-state index in [4.69, 9.17) is 9.73 Å². The smallest absolute Gasteiger partial charge is 0.410 e. The number of rotatable bonds is 2. The minimum absolute atomic E-state index is 0.163. The third kappa shape index (κ3) is 3.63. The normalized spacial score (nSPS) is 25.7. The van der Waals surface area contributed by atoms with Crippen LogP contribution in [0.2, 0.25) is 0 Å². The van der Waals surface area contributed by atoms with Gasteiger partial charge in [-0.1, -0.05) is 18.2 Å². The molecule has 5 heteroatoms. The number of likely N-dealkylation sites (tertiary alicyclic amines) is 2. The Morgan fingerprint density at radius 3 is 2.73 bits per heavy atom. The molecule has 0 aliphatic carbocycles. The highest BCUT2D eigenvalue weighted by molar-refractivity contribution is 5.95. The average molecular weight is 355 g/mol. The molecule has 1 aromatic carbocycles. The van der Waals surface area contributed by atoms with Crippen LogP contribution in [-0.4, -0.2) is 59.9 Å². The van der Waals surface area contributed by atoms with Crippen molar-refractivity contribution in [2.24, 2.45) is 10.4 Å². The summed E-state index contributed by atoms with van der Waals surface area (Å²) in [5.74, 6) is 0. The van der Waals surface area contributed by atoms with Crippen molar-refractivity contribution in [2.75, 3.05) is 32.7 Å². The lowest BCUT2D eigenvalue weighted by molar-refractivity contribution is 0.0274. The topological polar surface area (TPSA) is 45.1 Å². The van der Waals surface area contributed by atoms with E-state index in [1.807, 2.05) is 25.7 Å². The van der Waals surface area contributed by atoms with E-state index in [1.165, 1.54) is 11.3 Å². The van der Waals surface area contributed by atoms with E-state index >= 15 is 0 Å². The highest BCUT2D eigenvalue weighted by Crippen LogP contribution is 2.40. The van der Waals surface area contributed by atoms with Crippen molar-refractivity contribution in [3.8, 4) is 0 Å².